The highest BCUT2D eigenvalue weighted by molar-refractivity contribution is 5.07. The molecule has 0 fully saturated rings. The number of allylic oxidation sites excluding steroid dienone is 7. The van der Waals surface area contributed by atoms with Crippen LogP contribution >= 0.6 is 0 Å². The predicted molar refractivity (Wildman–Crippen MR) is 109 cm³/mol. The van der Waals surface area contributed by atoms with E-state index in [1.165, 1.54) is 43.3 Å². The molecular formula is C22H41N. The van der Waals surface area contributed by atoms with Crippen LogP contribution in [0.15, 0.2) is 47.2 Å². The molecule has 0 rings (SSSR count). The minimum Gasteiger partial charge on any atom is -0.403 e. The fourth-order valence-corrected chi connectivity index (χ4v) is 2.31. The van der Waals surface area contributed by atoms with E-state index >= 15 is 0 Å². The minimum atomic E-state index is 0.789. The zero-order valence-electron chi connectivity index (χ0n) is 16.7. The maximum atomic E-state index is 5.62. The van der Waals surface area contributed by atoms with Gasteiger partial charge in [0.15, 0.2) is 0 Å². The molecule has 0 aliphatic carbocycles. The molecule has 1 heteroatoms. The van der Waals surface area contributed by atoms with Crippen LogP contribution in [0.1, 0.15) is 92.9 Å². The molecule has 0 amide bonds. The molecule has 0 saturated heterocycles. The van der Waals surface area contributed by atoms with Crippen molar-refractivity contribution in [1.29, 1.82) is 0 Å². The summed E-state index contributed by atoms with van der Waals surface area (Å²) < 4.78 is 0. The van der Waals surface area contributed by atoms with Crippen LogP contribution in [0.2, 0.25) is 0 Å². The standard InChI is InChI=1S/C20H35N.C2H6/c1-6-10-20(16-9-14-19(5)21)15-8-13-18(4)12-7-11-17(2)3;1-2/h11,13,16H,5-10,12,14-15,21H2,1-4H3;1-2H3/b18-13+,20-16+;. The molecule has 0 aromatic rings. The quantitative estimate of drug-likeness (QED) is 0.393. The van der Waals surface area contributed by atoms with Crippen molar-refractivity contribution in [2.24, 2.45) is 5.73 Å². The zero-order chi connectivity index (χ0) is 18.1. The summed E-state index contributed by atoms with van der Waals surface area (Å²) in [4.78, 5) is 0. The van der Waals surface area contributed by atoms with Crippen molar-refractivity contribution < 1.29 is 0 Å². The minimum absolute atomic E-state index is 0.789. The second kappa shape index (κ2) is 17.1. The summed E-state index contributed by atoms with van der Waals surface area (Å²) in [6, 6.07) is 0. The molecule has 0 atom stereocenters. The highest BCUT2D eigenvalue weighted by atomic mass is 14.5. The van der Waals surface area contributed by atoms with E-state index in [1.54, 1.807) is 5.57 Å². The van der Waals surface area contributed by atoms with Crippen LogP contribution in [-0.2, 0) is 0 Å². The fraction of sp³-hybridized carbons (Fsp3) is 0.636. The lowest BCUT2D eigenvalue weighted by Gasteiger charge is -2.06. The molecular weight excluding hydrogens is 278 g/mol. The van der Waals surface area contributed by atoms with Gasteiger partial charge in [-0.2, -0.15) is 0 Å². The third-order valence-electron chi connectivity index (χ3n) is 3.52. The van der Waals surface area contributed by atoms with E-state index in [0.29, 0.717) is 0 Å². The molecule has 0 saturated carbocycles. The van der Waals surface area contributed by atoms with Gasteiger partial charge in [0.25, 0.3) is 0 Å². The Kier molecular flexibility index (Phi) is 17.9. The first-order valence-corrected chi connectivity index (χ1v) is 9.35. The third-order valence-corrected chi connectivity index (χ3v) is 3.52. The number of rotatable bonds is 11. The second-order valence-electron chi connectivity index (χ2n) is 6.22. The van der Waals surface area contributed by atoms with Crippen molar-refractivity contribution in [3.63, 3.8) is 0 Å². The number of hydrogen-bond acceptors (Lipinski definition) is 1. The Balaban J connectivity index is 0. The average Bonchev–Trinajstić information content (AvgIpc) is 2.48. The van der Waals surface area contributed by atoms with Crippen LogP contribution in [0.25, 0.3) is 0 Å². The van der Waals surface area contributed by atoms with Gasteiger partial charge < -0.3 is 5.73 Å². The summed E-state index contributed by atoms with van der Waals surface area (Å²) in [5, 5.41) is 0. The van der Waals surface area contributed by atoms with Gasteiger partial charge in [0.05, 0.1) is 0 Å². The Morgan fingerprint density at radius 3 is 1.91 bits per heavy atom. The molecule has 0 aromatic carbocycles. The smallest absolute Gasteiger partial charge is 0.00105 e. The van der Waals surface area contributed by atoms with Gasteiger partial charge in [0, 0.05) is 5.70 Å². The van der Waals surface area contributed by atoms with Crippen LogP contribution in [0.4, 0.5) is 0 Å². The van der Waals surface area contributed by atoms with Crippen molar-refractivity contribution in [2.45, 2.75) is 92.9 Å². The van der Waals surface area contributed by atoms with Gasteiger partial charge >= 0.3 is 0 Å². The van der Waals surface area contributed by atoms with Crippen LogP contribution in [0.3, 0.4) is 0 Å². The lowest BCUT2D eigenvalue weighted by molar-refractivity contribution is 0.807. The van der Waals surface area contributed by atoms with E-state index < -0.39 is 0 Å². The first-order valence-electron chi connectivity index (χ1n) is 9.35. The van der Waals surface area contributed by atoms with Gasteiger partial charge in [-0.25, -0.2) is 0 Å². The van der Waals surface area contributed by atoms with E-state index in [1.807, 2.05) is 13.8 Å². The van der Waals surface area contributed by atoms with Crippen LogP contribution in [0.5, 0.6) is 0 Å². The highest BCUT2D eigenvalue weighted by Gasteiger charge is 1.97. The maximum absolute atomic E-state index is 5.62. The Morgan fingerprint density at radius 1 is 0.826 bits per heavy atom. The molecule has 0 aromatic heterocycles. The molecule has 0 aliphatic rings. The molecule has 0 aliphatic heterocycles. The normalized spacial score (nSPS) is 11.6. The Labute approximate surface area is 146 Å². The van der Waals surface area contributed by atoms with E-state index in [2.05, 4.69) is 52.5 Å². The van der Waals surface area contributed by atoms with E-state index in [9.17, 15) is 0 Å². The van der Waals surface area contributed by atoms with E-state index in [4.69, 9.17) is 5.73 Å². The van der Waals surface area contributed by atoms with Crippen LogP contribution in [0, 0.1) is 0 Å². The monoisotopic (exact) mass is 319 g/mol. The summed E-state index contributed by atoms with van der Waals surface area (Å²) in [5.41, 5.74) is 10.9. The SMILES string of the molecule is C=C(N)CC/C=C(\CCC)CC/C=C(\C)CCC=C(C)C.CC. The second-order valence-corrected chi connectivity index (χ2v) is 6.22. The Morgan fingerprint density at radius 2 is 1.39 bits per heavy atom. The van der Waals surface area contributed by atoms with Crippen LogP contribution in [-0.4, -0.2) is 0 Å². The topological polar surface area (TPSA) is 26.0 Å². The number of nitrogens with two attached hydrogens (primary N) is 1. The molecule has 0 spiro atoms. The predicted octanol–water partition coefficient (Wildman–Crippen LogP) is 7.46. The molecule has 1 nitrogen and oxygen atoms in total. The van der Waals surface area contributed by atoms with Crippen molar-refractivity contribution in [1.82, 2.24) is 0 Å². The van der Waals surface area contributed by atoms with Crippen molar-refractivity contribution >= 4 is 0 Å². The zero-order valence-corrected chi connectivity index (χ0v) is 16.7. The van der Waals surface area contributed by atoms with E-state index in [0.717, 1.165) is 25.0 Å². The summed E-state index contributed by atoms with van der Waals surface area (Å²) in [6.45, 7) is 16.6. The molecule has 23 heavy (non-hydrogen) atoms. The van der Waals surface area contributed by atoms with Gasteiger partial charge in [-0.3, -0.25) is 0 Å². The molecule has 0 bridgehead atoms. The van der Waals surface area contributed by atoms with Gasteiger partial charge in [0.1, 0.15) is 0 Å². The summed E-state index contributed by atoms with van der Waals surface area (Å²) >= 11 is 0. The Bertz CT molecular complexity index is 379. The number of hydrogen-bond donors (Lipinski definition) is 1. The molecule has 134 valence electrons. The highest BCUT2D eigenvalue weighted by Crippen LogP contribution is 2.16. The summed E-state index contributed by atoms with van der Waals surface area (Å²) in [7, 11) is 0. The van der Waals surface area contributed by atoms with Gasteiger partial charge in [-0.15, -0.1) is 0 Å². The van der Waals surface area contributed by atoms with Gasteiger partial charge in [0.2, 0.25) is 0 Å². The lowest BCUT2D eigenvalue weighted by atomic mass is 10.0. The van der Waals surface area contributed by atoms with E-state index in [-0.39, 0.29) is 0 Å². The van der Waals surface area contributed by atoms with Gasteiger partial charge in [-0.05, 0) is 65.7 Å². The maximum Gasteiger partial charge on any atom is 0.00105 e. The van der Waals surface area contributed by atoms with Crippen molar-refractivity contribution in [3.05, 3.63) is 47.2 Å². The van der Waals surface area contributed by atoms with Gasteiger partial charge in [-0.1, -0.05) is 68.7 Å². The largest absolute Gasteiger partial charge is 0.403 e. The van der Waals surface area contributed by atoms with Crippen molar-refractivity contribution in [2.75, 3.05) is 0 Å². The molecule has 0 radical (unpaired) electrons. The molecule has 2 N–H and O–H groups in total. The average molecular weight is 320 g/mol. The third kappa shape index (κ3) is 18.7. The first kappa shape index (κ1) is 24.0. The summed E-state index contributed by atoms with van der Waals surface area (Å²) in [6.07, 6.45) is 16.2. The fourth-order valence-electron chi connectivity index (χ4n) is 2.31. The lowest BCUT2D eigenvalue weighted by Crippen LogP contribution is -1.93. The van der Waals surface area contributed by atoms with Crippen LogP contribution < -0.4 is 5.73 Å². The van der Waals surface area contributed by atoms with Crippen molar-refractivity contribution in [3.8, 4) is 0 Å². The Hall–Kier alpha value is -1.24. The molecule has 0 unspecified atom stereocenters. The first-order chi connectivity index (χ1) is 11.0. The molecule has 0 heterocycles. The summed E-state index contributed by atoms with van der Waals surface area (Å²) in [5.74, 6) is 0.